The van der Waals surface area contributed by atoms with Crippen molar-refractivity contribution in [2.75, 3.05) is 26.3 Å². The number of unbranched alkanes of at least 4 members (excludes halogenated alkanes) is 2. The fourth-order valence-electron chi connectivity index (χ4n) is 3.16. The van der Waals surface area contributed by atoms with E-state index in [9.17, 15) is 19.2 Å². The van der Waals surface area contributed by atoms with Crippen molar-refractivity contribution >= 4 is 35.9 Å². The molecule has 2 rings (SSSR count). The van der Waals surface area contributed by atoms with Gasteiger partial charge in [-0.3, -0.25) is 9.59 Å². The maximum atomic E-state index is 11.9. The summed E-state index contributed by atoms with van der Waals surface area (Å²) in [4.78, 5) is 47.1. The molecule has 0 aliphatic rings. The van der Waals surface area contributed by atoms with Crippen molar-refractivity contribution in [1.29, 1.82) is 0 Å². The number of carbonyl (C=O) groups is 4. The second kappa shape index (κ2) is 18.1. The molecular weight excluding hydrogens is 472 g/mol. The molecule has 0 saturated heterocycles. The highest BCUT2D eigenvalue weighted by atomic mass is 16.5. The molecule has 2 N–H and O–H groups in total. The highest BCUT2D eigenvalue weighted by molar-refractivity contribution is 5.87. The van der Waals surface area contributed by atoms with Crippen molar-refractivity contribution < 1.29 is 28.7 Å². The summed E-state index contributed by atoms with van der Waals surface area (Å²) >= 11 is 0. The first-order valence-corrected chi connectivity index (χ1v) is 12.4. The molecule has 0 atom stereocenters. The average molecular weight is 507 g/mol. The van der Waals surface area contributed by atoms with Crippen LogP contribution in [0.3, 0.4) is 0 Å². The predicted molar refractivity (Wildman–Crippen MR) is 142 cm³/mol. The van der Waals surface area contributed by atoms with E-state index >= 15 is 0 Å². The van der Waals surface area contributed by atoms with E-state index in [0.717, 1.165) is 17.5 Å². The summed E-state index contributed by atoms with van der Waals surface area (Å²) in [6.45, 7) is 0.697. The van der Waals surface area contributed by atoms with Crippen molar-refractivity contribution in [2.45, 2.75) is 32.1 Å². The topological polar surface area (TPSA) is 111 Å². The molecule has 0 heterocycles. The second-order valence-corrected chi connectivity index (χ2v) is 8.08. The molecule has 0 unspecified atom stereocenters. The molecule has 8 nitrogen and oxygen atoms in total. The van der Waals surface area contributed by atoms with E-state index in [-0.39, 0.29) is 38.1 Å². The van der Waals surface area contributed by atoms with Gasteiger partial charge in [-0.15, -0.1) is 0 Å². The second-order valence-electron chi connectivity index (χ2n) is 8.08. The van der Waals surface area contributed by atoms with Gasteiger partial charge in [0.25, 0.3) is 0 Å². The van der Waals surface area contributed by atoms with E-state index in [1.54, 1.807) is 12.2 Å². The molecule has 2 aromatic carbocycles. The van der Waals surface area contributed by atoms with Gasteiger partial charge in [0.15, 0.2) is 0 Å². The SMILES string of the molecule is O=C(CCCCCC(=O)NCCOC(=O)/C=C/c1ccccc1)NCCOC(=O)/C=C/c1ccccc1. The number of rotatable bonds is 16. The summed E-state index contributed by atoms with van der Waals surface area (Å²) < 4.78 is 10.1. The van der Waals surface area contributed by atoms with Gasteiger partial charge in [0.1, 0.15) is 13.2 Å². The monoisotopic (exact) mass is 506 g/mol. The first-order valence-electron chi connectivity index (χ1n) is 12.4. The number of hydrogen-bond donors (Lipinski definition) is 2. The number of benzene rings is 2. The number of amides is 2. The van der Waals surface area contributed by atoms with Gasteiger partial charge >= 0.3 is 11.9 Å². The Labute approximate surface area is 217 Å². The quantitative estimate of drug-likeness (QED) is 0.204. The van der Waals surface area contributed by atoms with E-state index < -0.39 is 11.9 Å². The van der Waals surface area contributed by atoms with Crippen LogP contribution in [0.15, 0.2) is 72.8 Å². The van der Waals surface area contributed by atoms with Crippen LogP contribution < -0.4 is 10.6 Å². The van der Waals surface area contributed by atoms with Crippen molar-refractivity contribution in [2.24, 2.45) is 0 Å². The van der Waals surface area contributed by atoms with E-state index in [2.05, 4.69) is 10.6 Å². The number of ether oxygens (including phenoxy) is 2. The third-order valence-electron chi connectivity index (χ3n) is 5.07. The Morgan fingerprint density at radius 2 is 1.00 bits per heavy atom. The molecule has 196 valence electrons. The van der Waals surface area contributed by atoms with Crippen molar-refractivity contribution in [3.63, 3.8) is 0 Å². The summed E-state index contributed by atoms with van der Waals surface area (Å²) in [5.74, 6) is -1.17. The lowest BCUT2D eigenvalue weighted by Gasteiger charge is -2.07. The normalized spacial score (nSPS) is 10.8. The number of carbonyl (C=O) groups excluding carboxylic acids is 4. The zero-order chi connectivity index (χ0) is 26.6. The minimum Gasteiger partial charge on any atom is -0.461 e. The summed E-state index contributed by atoms with van der Waals surface area (Å²) in [6.07, 6.45) is 8.78. The minimum atomic E-state index is -0.463. The predicted octanol–water partition coefficient (Wildman–Crippen LogP) is 3.68. The molecule has 0 saturated carbocycles. The van der Waals surface area contributed by atoms with Gasteiger partial charge in [-0.2, -0.15) is 0 Å². The standard InChI is InChI=1S/C29H34N2O6/c32-26(30-20-22-36-28(34)18-16-24-10-4-1-5-11-24)14-8-3-9-15-27(33)31-21-23-37-29(35)19-17-25-12-6-2-7-13-25/h1-2,4-7,10-13,16-19H,3,8-9,14-15,20-23H2,(H,30,32)(H,31,33)/b18-16+,19-17+. The molecule has 0 fully saturated rings. The maximum Gasteiger partial charge on any atom is 0.330 e. The molecule has 0 spiro atoms. The maximum absolute atomic E-state index is 11.9. The van der Waals surface area contributed by atoms with Gasteiger partial charge in [0.05, 0.1) is 13.1 Å². The summed E-state index contributed by atoms with van der Waals surface area (Å²) in [7, 11) is 0. The molecule has 0 aromatic heterocycles. The first kappa shape index (κ1) is 29.0. The summed E-state index contributed by atoms with van der Waals surface area (Å²) in [5, 5.41) is 5.41. The van der Waals surface area contributed by atoms with Crippen molar-refractivity contribution in [3.05, 3.63) is 83.9 Å². The van der Waals surface area contributed by atoms with Gasteiger partial charge in [-0.1, -0.05) is 67.1 Å². The van der Waals surface area contributed by atoms with Crippen LogP contribution in [0.2, 0.25) is 0 Å². The molecule has 0 radical (unpaired) electrons. The fourth-order valence-corrected chi connectivity index (χ4v) is 3.16. The molecule has 2 amide bonds. The van der Waals surface area contributed by atoms with Crippen LogP contribution in [0.25, 0.3) is 12.2 Å². The smallest absolute Gasteiger partial charge is 0.330 e. The van der Waals surface area contributed by atoms with E-state index in [4.69, 9.17) is 9.47 Å². The van der Waals surface area contributed by atoms with Gasteiger partial charge in [0.2, 0.25) is 11.8 Å². The van der Waals surface area contributed by atoms with Gasteiger partial charge in [-0.05, 0) is 36.1 Å². The molecule has 0 aliphatic heterocycles. The Hall–Kier alpha value is -4.20. The minimum absolute atomic E-state index is 0.0997. The van der Waals surface area contributed by atoms with E-state index in [0.29, 0.717) is 25.7 Å². The van der Waals surface area contributed by atoms with Crippen molar-refractivity contribution in [1.82, 2.24) is 10.6 Å². The zero-order valence-corrected chi connectivity index (χ0v) is 20.9. The largest absolute Gasteiger partial charge is 0.461 e. The van der Waals surface area contributed by atoms with Crippen LogP contribution in [-0.4, -0.2) is 50.1 Å². The highest BCUT2D eigenvalue weighted by Crippen LogP contribution is 2.04. The molecular formula is C29H34N2O6. The third-order valence-corrected chi connectivity index (χ3v) is 5.07. The average Bonchev–Trinajstić information content (AvgIpc) is 2.92. The van der Waals surface area contributed by atoms with E-state index in [1.165, 1.54) is 12.2 Å². The first-order chi connectivity index (χ1) is 18.0. The molecule has 0 bridgehead atoms. The van der Waals surface area contributed by atoms with Gasteiger partial charge < -0.3 is 20.1 Å². The van der Waals surface area contributed by atoms with Crippen LogP contribution in [0.1, 0.15) is 43.2 Å². The Morgan fingerprint density at radius 1 is 0.595 bits per heavy atom. The van der Waals surface area contributed by atoms with Crippen molar-refractivity contribution in [3.8, 4) is 0 Å². The number of hydrogen-bond acceptors (Lipinski definition) is 6. The van der Waals surface area contributed by atoms with Crippen LogP contribution >= 0.6 is 0 Å². The zero-order valence-electron chi connectivity index (χ0n) is 20.9. The van der Waals surface area contributed by atoms with Crippen LogP contribution in [-0.2, 0) is 28.7 Å². The van der Waals surface area contributed by atoms with Crippen LogP contribution in [0, 0.1) is 0 Å². The number of esters is 2. The third kappa shape index (κ3) is 14.7. The van der Waals surface area contributed by atoms with Crippen LogP contribution in [0.4, 0.5) is 0 Å². The molecule has 37 heavy (non-hydrogen) atoms. The van der Waals surface area contributed by atoms with Gasteiger partial charge in [0, 0.05) is 25.0 Å². The molecule has 2 aromatic rings. The van der Waals surface area contributed by atoms with Crippen LogP contribution in [0.5, 0.6) is 0 Å². The Morgan fingerprint density at radius 3 is 1.41 bits per heavy atom. The fraction of sp³-hybridized carbons (Fsp3) is 0.310. The summed E-state index contributed by atoms with van der Waals surface area (Å²) in [5.41, 5.74) is 1.80. The Kier molecular flexibility index (Phi) is 14.2. The lowest BCUT2D eigenvalue weighted by Crippen LogP contribution is -2.28. The number of nitrogens with one attached hydrogen (secondary N) is 2. The molecule has 8 heteroatoms. The molecule has 0 aliphatic carbocycles. The summed E-state index contributed by atoms with van der Waals surface area (Å²) in [6, 6.07) is 18.8. The Balaban J connectivity index is 1.40. The van der Waals surface area contributed by atoms with E-state index in [1.807, 2.05) is 60.7 Å². The lowest BCUT2D eigenvalue weighted by molar-refractivity contribution is -0.138. The Bertz CT molecular complexity index is 951. The highest BCUT2D eigenvalue weighted by Gasteiger charge is 2.05. The van der Waals surface area contributed by atoms with Gasteiger partial charge in [-0.25, -0.2) is 9.59 Å². The lowest BCUT2D eigenvalue weighted by atomic mass is 10.1.